The molecule has 0 saturated heterocycles. The predicted octanol–water partition coefficient (Wildman–Crippen LogP) is 3.63. The summed E-state index contributed by atoms with van der Waals surface area (Å²) >= 11 is 0. The van der Waals surface area contributed by atoms with Gasteiger partial charge in [0.05, 0.1) is 12.7 Å². The lowest BCUT2D eigenvalue weighted by molar-refractivity contribution is -0.142. The second kappa shape index (κ2) is 9.91. The van der Waals surface area contributed by atoms with Crippen LogP contribution in [0.1, 0.15) is 27.5 Å². The van der Waals surface area contributed by atoms with Crippen molar-refractivity contribution in [2.24, 2.45) is 0 Å². The number of carboxylic acids is 1. The highest BCUT2D eigenvalue weighted by Crippen LogP contribution is 2.35. The van der Waals surface area contributed by atoms with Crippen molar-refractivity contribution < 1.29 is 33.7 Å². The molecule has 3 aromatic carbocycles. The van der Waals surface area contributed by atoms with Gasteiger partial charge < -0.3 is 24.6 Å². The van der Waals surface area contributed by atoms with Gasteiger partial charge in [0.25, 0.3) is 5.91 Å². The van der Waals surface area contributed by atoms with E-state index in [1.54, 1.807) is 79.9 Å². The van der Waals surface area contributed by atoms with Crippen LogP contribution in [0.3, 0.4) is 0 Å². The van der Waals surface area contributed by atoms with Crippen molar-refractivity contribution in [2.75, 3.05) is 13.7 Å². The lowest BCUT2D eigenvalue weighted by Crippen LogP contribution is -2.36. The van der Waals surface area contributed by atoms with Crippen LogP contribution in [0.4, 0.5) is 0 Å². The zero-order valence-electron chi connectivity index (χ0n) is 18.2. The minimum absolute atomic E-state index is 0.169. The first kappa shape index (κ1) is 22.6. The standard InChI is InChI=1S/C26H21NO7/c1-32-18-9-7-16(8-10-18)13-22-25(29)20-12-11-19(14-21(20)34-22)33-15-23(28)27-24(26(30)31)17-5-3-2-4-6-17/h2-14,24H,15H2,1H3,(H,27,28)(H,30,31)/t24-/m1/s1. The molecule has 34 heavy (non-hydrogen) atoms. The number of carbonyl (C=O) groups is 3. The molecule has 0 fully saturated rings. The Morgan fingerprint density at radius 2 is 1.74 bits per heavy atom. The summed E-state index contributed by atoms with van der Waals surface area (Å²) in [4.78, 5) is 36.5. The zero-order valence-corrected chi connectivity index (χ0v) is 18.2. The SMILES string of the molecule is COc1ccc(C=C2Oc3cc(OCC(=O)N[C@@H](C(=O)O)c4ccccc4)ccc3C2=O)cc1. The molecule has 2 N–H and O–H groups in total. The smallest absolute Gasteiger partial charge is 0.330 e. The summed E-state index contributed by atoms with van der Waals surface area (Å²) in [5.74, 6) is -0.554. The number of aliphatic carboxylic acids is 1. The van der Waals surface area contributed by atoms with E-state index in [4.69, 9.17) is 14.2 Å². The van der Waals surface area contributed by atoms with Crippen molar-refractivity contribution in [3.05, 3.63) is 95.2 Å². The molecule has 0 aromatic heterocycles. The third-order valence-electron chi connectivity index (χ3n) is 5.11. The van der Waals surface area contributed by atoms with Gasteiger partial charge in [-0.3, -0.25) is 9.59 Å². The number of nitrogens with one attached hydrogen (secondary N) is 1. The fourth-order valence-corrected chi connectivity index (χ4v) is 3.39. The first-order chi connectivity index (χ1) is 16.4. The van der Waals surface area contributed by atoms with Gasteiger partial charge in [-0.15, -0.1) is 0 Å². The lowest BCUT2D eigenvalue weighted by Gasteiger charge is -2.15. The molecule has 1 atom stereocenters. The fraction of sp³-hybridized carbons (Fsp3) is 0.115. The van der Waals surface area contributed by atoms with Crippen molar-refractivity contribution in [2.45, 2.75) is 6.04 Å². The molecule has 1 amide bonds. The van der Waals surface area contributed by atoms with Crippen LogP contribution in [0.15, 0.2) is 78.6 Å². The van der Waals surface area contributed by atoms with Gasteiger partial charge in [-0.25, -0.2) is 4.79 Å². The van der Waals surface area contributed by atoms with Crippen LogP contribution in [0, 0.1) is 0 Å². The first-order valence-corrected chi connectivity index (χ1v) is 10.4. The molecule has 3 aromatic rings. The van der Waals surface area contributed by atoms with E-state index in [0.29, 0.717) is 28.4 Å². The van der Waals surface area contributed by atoms with E-state index in [9.17, 15) is 19.5 Å². The Morgan fingerprint density at radius 3 is 2.41 bits per heavy atom. The minimum atomic E-state index is -1.19. The van der Waals surface area contributed by atoms with E-state index in [-0.39, 0.29) is 11.5 Å². The molecule has 0 aliphatic carbocycles. The van der Waals surface area contributed by atoms with Crippen LogP contribution in [0.25, 0.3) is 6.08 Å². The third kappa shape index (κ3) is 5.07. The third-order valence-corrected chi connectivity index (χ3v) is 5.11. The molecule has 8 heteroatoms. The summed E-state index contributed by atoms with van der Waals surface area (Å²) in [6.45, 7) is -0.405. The molecule has 4 rings (SSSR count). The molecule has 0 radical (unpaired) electrons. The second-order valence-corrected chi connectivity index (χ2v) is 7.41. The number of fused-ring (bicyclic) bond motifs is 1. The molecule has 0 spiro atoms. The van der Waals surface area contributed by atoms with E-state index in [1.165, 1.54) is 6.07 Å². The summed E-state index contributed by atoms with van der Waals surface area (Å²) < 4.78 is 16.3. The van der Waals surface area contributed by atoms with Gasteiger partial charge in [-0.2, -0.15) is 0 Å². The number of Topliss-reactive ketones (excluding diaryl/α,β-unsaturated/α-hetero) is 1. The molecule has 0 saturated carbocycles. The highest BCUT2D eigenvalue weighted by Gasteiger charge is 2.28. The monoisotopic (exact) mass is 459 g/mol. The zero-order chi connectivity index (χ0) is 24.1. The van der Waals surface area contributed by atoms with Crippen LogP contribution in [0.2, 0.25) is 0 Å². The molecule has 1 aliphatic rings. The Balaban J connectivity index is 1.40. The van der Waals surface area contributed by atoms with Gasteiger partial charge in [-0.1, -0.05) is 42.5 Å². The van der Waals surface area contributed by atoms with E-state index in [2.05, 4.69) is 5.32 Å². The molecule has 1 aliphatic heterocycles. The fourth-order valence-electron chi connectivity index (χ4n) is 3.39. The van der Waals surface area contributed by atoms with Crippen LogP contribution in [0.5, 0.6) is 17.2 Å². The van der Waals surface area contributed by atoms with Crippen LogP contribution < -0.4 is 19.5 Å². The number of benzene rings is 3. The quantitative estimate of drug-likeness (QED) is 0.495. The summed E-state index contributed by atoms with van der Waals surface area (Å²) in [6.07, 6.45) is 1.63. The minimum Gasteiger partial charge on any atom is -0.497 e. The van der Waals surface area contributed by atoms with Crippen molar-refractivity contribution in [3.63, 3.8) is 0 Å². The highest BCUT2D eigenvalue weighted by molar-refractivity contribution is 6.14. The number of carbonyl (C=O) groups excluding carboxylic acids is 2. The van der Waals surface area contributed by atoms with Gasteiger partial charge in [0, 0.05) is 6.07 Å². The first-order valence-electron chi connectivity index (χ1n) is 10.4. The molecule has 8 nitrogen and oxygen atoms in total. The number of carboxylic acid groups (broad SMARTS) is 1. The molecular weight excluding hydrogens is 438 g/mol. The molecule has 0 bridgehead atoms. The summed E-state index contributed by atoms with van der Waals surface area (Å²) in [5, 5.41) is 11.9. The Bertz CT molecular complexity index is 1250. The van der Waals surface area contributed by atoms with Gasteiger partial charge in [0.1, 0.15) is 17.2 Å². The van der Waals surface area contributed by atoms with E-state index >= 15 is 0 Å². The summed E-state index contributed by atoms with van der Waals surface area (Å²) in [5.41, 5.74) is 1.60. The molecule has 1 heterocycles. The Hall–Kier alpha value is -4.59. The van der Waals surface area contributed by atoms with Gasteiger partial charge >= 0.3 is 5.97 Å². The topological polar surface area (TPSA) is 111 Å². The van der Waals surface area contributed by atoms with E-state index in [0.717, 1.165) is 5.56 Å². The van der Waals surface area contributed by atoms with Crippen molar-refractivity contribution in [1.82, 2.24) is 5.32 Å². The van der Waals surface area contributed by atoms with Crippen LogP contribution >= 0.6 is 0 Å². The lowest BCUT2D eigenvalue weighted by atomic mass is 10.1. The number of amides is 1. The average Bonchev–Trinajstić information content (AvgIpc) is 3.16. The largest absolute Gasteiger partial charge is 0.497 e. The van der Waals surface area contributed by atoms with Gasteiger partial charge in [0.15, 0.2) is 18.4 Å². The number of hydrogen-bond donors (Lipinski definition) is 2. The summed E-state index contributed by atoms with van der Waals surface area (Å²) in [7, 11) is 1.57. The van der Waals surface area contributed by atoms with E-state index in [1.807, 2.05) is 0 Å². The van der Waals surface area contributed by atoms with Gasteiger partial charge in [-0.05, 0) is 41.5 Å². The number of methoxy groups -OCH3 is 1. The Kier molecular flexibility index (Phi) is 6.59. The maximum Gasteiger partial charge on any atom is 0.330 e. The van der Waals surface area contributed by atoms with Crippen molar-refractivity contribution >= 4 is 23.7 Å². The maximum absolute atomic E-state index is 12.6. The maximum atomic E-state index is 12.6. The number of ether oxygens (including phenoxy) is 3. The number of rotatable bonds is 8. The van der Waals surface area contributed by atoms with Crippen molar-refractivity contribution in [1.29, 1.82) is 0 Å². The summed E-state index contributed by atoms with van der Waals surface area (Å²) in [6, 6.07) is 19.0. The van der Waals surface area contributed by atoms with Crippen molar-refractivity contribution in [3.8, 4) is 17.2 Å². The highest BCUT2D eigenvalue weighted by atomic mass is 16.5. The van der Waals surface area contributed by atoms with Crippen LogP contribution in [-0.2, 0) is 9.59 Å². The average molecular weight is 459 g/mol. The Labute approximate surface area is 195 Å². The number of hydrogen-bond acceptors (Lipinski definition) is 6. The second-order valence-electron chi connectivity index (χ2n) is 7.41. The van der Waals surface area contributed by atoms with E-state index < -0.39 is 24.5 Å². The predicted molar refractivity (Wildman–Crippen MR) is 123 cm³/mol. The molecular formula is C26H21NO7. The molecule has 0 unspecified atom stereocenters. The normalized spacial score (nSPS) is 14.1. The Morgan fingerprint density at radius 1 is 1.03 bits per heavy atom. The molecule has 172 valence electrons. The number of allylic oxidation sites excluding steroid dienone is 1. The number of ketones is 1. The van der Waals surface area contributed by atoms with Gasteiger partial charge in [0.2, 0.25) is 5.78 Å². The van der Waals surface area contributed by atoms with Crippen LogP contribution in [-0.4, -0.2) is 36.5 Å².